The van der Waals surface area contributed by atoms with Gasteiger partial charge < -0.3 is 0 Å². The number of rotatable bonds is 3. The van der Waals surface area contributed by atoms with E-state index in [1.54, 1.807) is 0 Å². The van der Waals surface area contributed by atoms with E-state index in [9.17, 15) is 4.79 Å². The number of carbonyl (C=O) groups excluding carboxylic acids is 1. The molecule has 0 spiro atoms. The summed E-state index contributed by atoms with van der Waals surface area (Å²) >= 11 is 0. The Labute approximate surface area is 123 Å². The van der Waals surface area contributed by atoms with E-state index in [0.29, 0.717) is 0 Å². The van der Waals surface area contributed by atoms with Crippen molar-refractivity contribution in [3.63, 3.8) is 0 Å². The SMILES string of the molecule is CC(C)(C)C1=CC(NC(=O)C(C)(C)N2CCCCC2)=B1. The first-order chi connectivity index (χ1) is 9.21. The van der Waals surface area contributed by atoms with Crippen LogP contribution in [-0.2, 0) is 4.79 Å². The Hall–Kier alpha value is -0.895. The average molecular weight is 274 g/mol. The molecule has 0 aromatic rings. The van der Waals surface area contributed by atoms with Crippen molar-refractivity contribution in [1.29, 1.82) is 0 Å². The predicted octanol–water partition coefficient (Wildman–Crippen LogP) is 2.14. The predicted molar refractivity (Wildman–Crippen MR) is 85.9 cm³/mol. The first-order valence-corrected chi connectivity index (χ1v) is 7.71. The summed E-state index contributed by atoms with van der Waals surface area (Å²) < 4.78 is 0. The van der Waals surface area contributed by atoms with Crippen LogP contribution in [-0.4, -0.2) is 41.9 Å². The number of allylic oxidation sites excluding steroid dienone is 1. The quantitative estimate of drug-likeness (QED) is 0.800. The van der Waals surface area contributed by atoms with E-state index in [4.69, 9.17) is 0 Å². The van der Waals surface area contributed by atoms with E-state index >= 15 is 0 Å². The molecular formula is C16H27BN2O. The zero-order valence-electron chi connectivity index (χ0n) is 13.5. The maximum atomic E-state index is 12.5. The Kier molecular flexibility index (Phi) is 4.24. The van der Waals surface area contributed by atoms with Gasteiger partial charge >= 0.3 is 123 Å². The van der Waals surface area contributed by atoms with Gasteiger partial charge in [-0.05, 0) is 0 Å². The Morgan fingerprint density at radius 1 is 1.15 bits per heavy atom. The molecule has 2 aliphatic heterocycles. The minimum absolute atomic E-state index is 0.106. The van der Waals surface area contributed by atoms with Crippen molar-refractivity contribution in [3.05, 3.63) is 11.5 Å². The van der Waals surface area contributed by atoms with E-state index in [-0.39, 0.29) is 11.3 Å². The third-order valence-electron chi connectivity index (χ3n) is 4.45. The van der Waals surface area contributed by atoms with Crippen LogP contribution in [0.25, 0.3) is 0 Å². The standard InChI is InChI=1S/C16H27BN2O/c1-15(2,3)12-11-13(17-12)18-14(20)16(4,5)19-9-7-6-8-10-19/h11H,6-10H2,1-5H3,(H,18,20). The van der Waals surface area contributed by atoms with E-state index in [2.05, 4.69) is 44.0 Å². The Morgan fingerprint density at radius 2 is 1.70 bits per heavy atom. The van der Waals surface area contributed by atoms with Gasteiger partial charge in [-0.3, -0.25) is 0 Å². The van der Waals surface area contributed by atoms with Crippen molar-refractivity contribution in [2.45, 2.75) is 59.4 Å². The Morgan fingerprint density at radius 3 is 2.20 bits per heavy atom. The molecule has 0 atom stereocenters. The molecule has 1 N–H and O–H groups in total. The van der Waals surface area contributed by atoms with Crippen LogP contribution >= 0.6 is 0 Å². The van der Waals surface area contributed by atoms with Gasteiger partial charge in [-0.2, -0.15) is 0 Å². The van der Waals surface area contributed by atoms with E-state index in [1.807, 2.05) is 13.8 Å². The molecular weight excluding hydrogens is 247 g/mol. The zero-order chi connectivity index (χ0) is 15.0. The van der Waals surface area contributed by atoms with Gasteiger partial charge in [-0.25, -0.2) is 0 Å². The number of carbonyl (C=O) groups is 1. The monoisotopic (exact) mass is 274 g/mol. The Bertz CT molecular complexity index is 452. The summed E-state index contributed by atoms with van der Waals surface area (Å²) in [5.41, 5.74) is 1.98. The maximum absolute atomic E-state index is 12.5. The molecule has 0 radical (unpaired) electrons. The topological polar surface area (TPSA) is 32.3 Å². The van der Waals surface area contributed by atoms with Crippen LogP contribution in [0.5, 0.6) is 0 Å². The molecule has 1 amide bonds. The normalized spacial score (nSPS) is 20.4. The third kappa shape index (κ3) is 3.22. The molecule has 1 fully saturated rings. The number of nitrogens with one attached hydrogen (secondary N) is 1. The fourth-order valence-corrected chi connectivity index (χ4v) is 2.71. The molecule has 20 heavy (non-hydrogen) atoms. The van der Waals surface area contributed by atoms with Crippen molar-refractivity contribution >= 4 is 18.4 Å². The second kappa shape index (κ2) is 5.47. The van der Waals surface area contributed by atoms with Crippen molar-refractivity contribution in [2.24, 2.45) is 5.41 Å². The van der Waals surface area contributed by atoms with Crippen LogP contribution in [0.2, 0.25) is 0 Å². The summed E-state index contributed by atoms with van der Waals surface area (Å²) in [5, 5.41) is 3.06. The average Bonchev–Trinajstić information content (AvgIpc) is 2.32. The summed E-state index contributed by atoms with van der Waals surface area (Å²) in [7, 11) is 0. The molecule has 0 aromatic carbocycles. The van der Waals surface area contributed by atoms with E-state index in [0.717, 1.165) is 18.7 Å². The van der Waals surface area contributed by atoms with Crippen LogP contribution in [0.3, 0.4) is 0 Å². The molecule has 4 heteroatoms. The van der Waals surface area contributed by atoms with Crippen LogP contribution in [0.1, 0.15) is 53.9 Å². The van der Waals surface area contributed by atoms with Crippen molar-refractivity contribution < 1.29 is 4.79 Å². The number of hydrogen-bond acceptors (Lipinski definition) is 2. The Balaban J connectivity index is 1.92. The van der Waals surface area contributed by atoms with Gasteiger partial charge in [-0.15, -0.1) is 0 Å². The molecule has 0 saturated carbocycles. The zero-order valence-corrected chi connectivity index (χ0v) is 13.5. The van der Waals surface area contributed by atoms with Crippen molar-refractivity contribution in [1.82, 2.24) is 10.2 Å². The van der Waals surface area contributed by atoms with Gasteiger partial charge in [0.15, 0.2) is 0 Å². The van der Waals surface area contributed by atoms with Gasteiger partial charge in [0.2, 0.25) is 0 Å². The summed E-state index contributed by atoms with van der Waals surface area (Å²) in [6.45, 7) is 14.8. The fourth-order valence-electron chi connectivity index (χ4n) is 2.71. The molecule has 0 aliphatic carbocycles. The summed E-state index contributed by atoms with van der Waals surface area (Å²) in [4.78, 5) is 14.8. The molecule has 3 nitrogen and oxygen atoms in total. The van der Waals surface area contributed by atoms with Crippen LogP contribution in [0, 0.1) is 5.41 Å². The van der Waals surface area contributed by atoms with Crippen LogP contribution < -0.4 is 5.32 Å². The number of likely N-dealkylation sites (tertiary alicyclic amines) is 1. The number of hydrogen-bond donors (Lipinski definition) is 1. The van der Waals surface area contributed by atoms with Gasteiger partial charge in [-0.1, -0.05) is 0 Å². The molecule has 2 aliphatic rings. The first kappa shape index (κ1) is 15.5. The molecule has 0 aromatic heterocycles. The second-order valence-electron chi connectivity index (χ2n) is 7.51. The number of amides is 1. The van der Waals surface area contributed by atoms with Gasteiger partial charge in [0.1, 0.15) is 0 Å². The van der Waals surface area contributed by atoms with Crippen molar-refractivity contribution in [3.8, 4) is 0 Å². The summed E-state index contributed by atoms with van der Waals surface area (Å²) in [5.74, 6) is 0.106. The second-order valence-corrected chi connectivity index (χ2v) is 7.51. The molecule has 2 heterocycles. The van der Waals surface area contributed by atoms with Gasteiger partial charge in [0, 0.05) is 0 Å². The summed E-state index contributed by atoms with van der Waals surface area (Å²) in [6, 6.07) is 0. The third-order valence-corrected chi connectivity index (χ3v) is 4.45. The molecule has 0 bridgehead atoms. The van der Waals surface area contributed by atoms with Crippen LogP contribution in [0.4, 0.5) is 0 Å². The molecule has 110 valence electrons. The van der Waals surface area contributed by atoms with Crippen molar-refractivity contribution in [2.75, 3.05) is 13.1 Å². The van der Waals surface area contributed by atoms with Gasteiger partial charge in [0.05, 0.1) is 0 Å². The minimum atomic E-state index is -0.424. The molecule has 2 rings (SSSR count). The summed E-state index contributed by atoms with van der Waals surface area (Å²) in [6.07, 6.45) is 5.78. The fraction of sp³-hybridized carbons (Fsp3) is 0.750. The van der Waals surface area contributed by atoms with Gasteiger partial charge in [0.25, 0.3) is 0 Å². The molecule has 0 unspecified atom stereocenters. The number of piperidine rings is 1. The van der Waals surface area contributed by atoms with E-state index in [1.165, 1.54) is 24.7 Å². The van der Waals surface area contributed by atoms with E-state index < -0.39 is 5.54 Å². The first-order valence-electron chi connectivity index (χ1n) is 7.71. The van der Waals surface area contributed by atoms with Crippen LogP contribution in [0.15, 0.2) is 11.5 Å². The molecule has 1 saturated heterocycles. The number of nitrogens with zero attached hydrogens (tertiary/aromatic N) is 1.